The molecule has 0 aromatic heterocycles. The predicted molar refractivity (Wildman–Crippen MR) is 103 cm³/mol. The fourth-order valence-corrected chi connectivity index (χ4v) is 4.08. The van der Waals surface area contributed by atoms with Gasteiger partial charge in [-0.05, 0) is 12.8 Å². The Morgan fingerprint density at radius 2 is 1.15 bits per heavy atom. The molecule has 0 saturated heterocycles. The van der Waals surface area contributed by atoms with Crippen LogP contribution in [0.2, 0.25) is 0 Å². The summed E-state index contributed by atoms with van der Waals surface area (Å²) in [5.74, 6) is 0. The fraction of sp³-hybridized carbons (Fsp3) is 0.875. The standard InChI is InChI=1S/C16H30N4O4S2/c1-3-5-7-19(9-11-21-15-23-13-17)25-26-20(8-6-4-2)10-12-22-16-24-14-18/h3-12,15-16H2,1-2H3. The number of unbranched alkanes of at least 4 members (excludes halogenated alkanes) is 2. The van der Waals surface area contributed by atoms with Gasteiger partial charge in [-0.2, -0.15) is 10.5 Å². The molecule has 0 fully saturated rings. The highest BCUT2D eigenvalue weighted by atomic mass is 33.1. The highest BCUT2D eigenvalue weighted by Gasteiger charge is 2.11. The van der Waals surface area contributed by atoms with E-state index in [1.54, 1.807) is 34.5 Å². The van der Waals surface area contributed by atoms with Gasteiger partial charge in [0.2, 0.25) is 13.6 Å². The Morgan fingerprint density at radius 1 is 0.731 bits per heavy atom. The number of hydrogen-bond donors (Lipinski definition) is 0. The van der Waals surface area contributed by atoms with Gasteiger partial charge in [0.05, 0.1) is 13.2 Å². The van der Waals surface area contributed by atoms with Crippen LogP contribution in [0.3, 0.4) is 0 Å². The molecule has 10 heteroatoms. The van der Waals surface area contributed by atoms with Crippen LogP contribution in [0.15, 0.2) is 0 Å². The molecule has 0 aromatic carbocycles. The van der Waals surface area contributed by atoms with E-state index in [1.165, 1.54) is 0 Å². The average molecular weight is 407 g/mol. The zero-order valence-corrected chi connectivity index (χ0v) is 17.4. The van der Waals surface area contributed by atoms with Gasteiger partial charge in [0.25, 0.3) is 12.5 Å². The van der Waals surface area contributed by atoms with E-state index in [1.807, 2.05) is 0 Å². The number of hydrogen-bond acceptors (Lipinski definition) is 10. The van der Waals surface area contributed by atoms with E-state index >= 15 is 0 Å². The largest absolute Gasteiger partial charge is 0.398 e. The van der Waals surface area contributed by atoms with Crippen LogP contribution in [0.5, 0.6) is 0 Å². The van der Waals surface area contributed by atoms with E-state index in [4.69, 9.17) is 20.0 Å². The second-order valence-corrected chi connectivity index (χ2v) is 7.46. The summed E-state index contributed by atoms with van der Waals surface area (Å²) in [5.41, 5.74) is 0. The molecule has 0 amide bonds. The van der Waals surface area contributed by atoms with Crippen LogP contribution in [0.25, 0.3) is 0 Å². The maximum atomic E-state index is 8.32. The second-order valence-electron chi connectivity index (χ2n) is 5.24. The second kappa shape index (κ2) is 20.4. The molecule has 0 aliphatic heterocycles. The van der Waals surface area contributed by atoms with E-state index in [9.17, 15) is 0 Å². The molecule has 0 unspecified atom stereocenters. The summed E-state index contributed by atoms with van der Waals surface area (Å²) in [4.78, 5) is 0. The third kappa shape index (κ3) is 16.6. The van der Waals surface area contributed by atoms with E-state index < -0.39 is 0 Å². The number of nitriles is 2. The number of rotatable bonds is 19. The average Bonchev–Trinajstić information content (AvgIpc) is 2.66. The van der Waals surface area contributed by atoms with Gasteiger partial charge < -0.3 is 18.9 Å². The van der Waals surface area contributed by atoms with Gasteiger partial charge in [-0.15, -0.1) is 0 Å². The first kappa shape index (κ1) is 25.1. The molecule has 0 aromatic rings. The minimum Gasteiger partial charge on any atom is -0.398 e. The van der Waals surface area contributed by atoms with Crippen molar-refractivity contribution in [3.8, 4) is 12.5 Å². The third-order valence-corrected chi connectivity index (χ3v) is 5.83. The van der Waals surface area contributed by atoms with Crippen molar-refractivity contribution < 1.29 is 18.9 Å². The van der Waals surface area contributed by atoms with Crippen molar-refractivity contribution in [2.45, 2.75) is 39.5 Å². The molecule has 0 atom stereocenters. The van der Waals surface area contributed by atoms with Crippen molar-refractivity contribution in [1.82, 2.24) is 8.61 Å². The summed E-state index contributed by atoms with van der Waals surface area (Å²) in [6.45, 7) is 8.85. The van der Waals surface area contributed by atoms with Crippen LogP contribution < -0.4 is 0 Å². The first-order valence-electron chi connectivity index (χ1n) is 8.80. The Bertz CT molecular complexity index is 357. The van der Waals surface area contributed by atoms with Crippen molar-refractivity contribution in [1.29, 1.82) is 10.5 Å². The van der Waals surface area contributed by atoms with Crippen LogP contribution in [-0.2, 0) is 18.9 Å². The monoisotopic (exact) mass is 406 g/mol. The fourth-order valence-electron chi connectivity index (χ4n) is 1.72. The van der Waals surface area contributed by atoms with Crippen LogP contribution in [0.1, 0.15) is 39.5 Å². The molecule has 0 rings (SSSR count). The lowest BCUT2D eigenvalue weighted by Crippen LogP contribution is -2.25. The molecule has 0 heterocycles. The quantitative estimate of drug-likeness (QED) is 0.105. The normalized spacial score (nSPS) is 10.7. The molecule has 0 radical (unpaired) electrons. The molecule has 0 N–H and O–H groups in total. The molecule has 26 heavy (non-hydrogen) atoms. The number of ether oxygens (including phenoxy) is 4. The van der Waals surface area contributed by atoms with Crippen molar-refractivity contribution in [2.75, 3.05) is 53.0 Å². The minimum absolute atomic E-state index is 0.000654. The molecule has 0 saturated carbocycles. The molecule has 0 aliphatic carbocycles. The molecule has 8 nitrogen and oxygen atoms in total. The maximum Gasteiger partial charge on any atom is 0.288 e. The van der Waals surface area contributed by atoms with Crippen molar-refractivity contribution in [2.24, 2.45) is 0 Å². The Labute approximate surface area is 165 Å². The van der Waals surface area contributed by atoms with Gasteiger partial charge in [-0.1, -0.05) is 26.7 Å². The molecular formula is C16H30N4O4S2. The smallest absolute Gasteiger partial charge is 0.288 e. The highest BCUT2D eigenvalue weighted by molar-refractivity contribution is 8.74. The summed E-state index contributed by atoms with van der Waals surface area (Å²) in [6.07, 6.45) is 7.67. The Hall–Kier alpha value is -0.880. The highest BCUT2D eigenvalue weighted by Crippen LogP contribution is 2.30. The van der Waals surface area contributed by atoms with Crippen molar-refractivity contribution in [3.05, 3.63) is 0 Å². The van der Waals surface area contributed by atoms with Crippen LogP contribution in [0, 0.1) is 23.0 Å². The Kier molecular flexibility index (Phi) is 19.7. The zero-order chi connectivity index (χ0) is 19.3. The lowest BCUT2D eigenvalue weighted by molar-refractivity contribution is -0.00649. The first-order chi connectivity index (χ1) is 12.8. The van der Waals surface area contributed by atoms with Gasteiger partial charge in [-0.25, -0.2) is 8.61 Å². The minimum atomic E-state index is 0.000654. The van der Waals surface area contributed by atoms with Gasteiger partial charge in [0, 0.05) is 48.1 Å². The molecular weight excluding hydrogens is 376 g/mol. The van der Waals surface area contributed by atoms with Crippen LogP contribution in [-0.4, -0.2) is 61.6 Å². The summed E-state index contributed by atoms with van der Waals surface area (Å²) in [7, 11) is 3.41. The lowest BCUT2D eigenvalue weighted by atomic mass is 10.3. The van der Waals surface area contributed by atoms with Crippen molar-refractivity contribution >= 4 is 22.0 Å². The summed E-state index contributed by atoms with van der Waals surface area (Å²) in [6, 6.07) is 0. The maximum absolute atomic E-state index is 8.32. The molecule has 150 valence electrons. The van der Waals surface area contributed by atoms with Crippen LogP contribution in [0.4, 0.5) is 0 Å². The topological polar surface area (TPSA) is 91.0 Å². The molecule has 0 spiro atoms. The lowest BCUT2D eigenvalue weighted by Gasteiger charge is -2.25. The summed E-state index contributed by atoms with van der Waals surface area (Å²) in [5, 5.41) is 16.6. The first-order valence-corrected chi connectivity index (χ1v) is 10.9. The summed E-state index contributed by atoms with van der Waals surface area (Å²) >= 11 is 0. The SMILES string of the molecule is CCCCN(CCOCOC#N)SSN(CCCC)CCOCOC#N. The molecule has 0 aliphatic rings. The van der Waals surface area contributed by atoms with E-state index in [2.05, 4.69) is 31.9 Å². The van der Waals surface area contributed by atoms with Gasteiger partial charge in [0.15, 0.2) is 0 Å². The Morgan fingerprint density at radius 3 is 1.50 bits per heavy atom. The third-order valence-electron chi connectivity index (χ3n) is 3.15. The summed E-state index contributed by atoms with van der Waals surface area (Å²) < 4.78 is 24.1. The van der Waals surface area contributed by atoms with Gasteiger partial charge >= 0.3 is 0 Å². The van der Waals surface area contributed by atoms with E-state index in [-0.39, 0.29) is 13.6 Å². The zero-order valence-electron chi connectivity index (χ0n) is 15.7. The van der Waals surface area contributed by atoms with E-state index in [0.29, 0.717) is 13.2 Å². The van der Waals surface area contributed by atoms with Crippen LogP contribution >= 0.6 is 22.0 Å². The predicted octanol–water partition coefficient (Wildman–Crippen LogP) is 3.35. The van der Waals surface area contributed by atoms with Crippen molar-refractivity contribution in [3.63, 3.8) is 0 Å². The van der Waals surface area contributed by atoms with Gasteiger partial charge in [0.1, 0.15) is 0 Å². The molecule has 0 bridgehead atoms. The van der Waals surface area contributed by atoms with E-state index in [0.717, 1.165) is 51.9 Å². The van der Waals surface area contributed by atoms with Gasteiger partial charge in [-0.3, -0.25) is 0 Å². The number of nitrogens with zero attached hydrogens (tertiary/aromatic N) is 4. The Balaban J connectivity index is 4.19.